The fourth-order valence-electron chi connectivity index (χ4n) is 6.62. The highest BCUT2D eigenvalue weighted by Gasteiger charge is 2.54. The molecule has 3 aliphatic carbocycles. The van der Waals surface area contributed by atoms with Gasteiger partial charge >= 0.3 is 0 Å². The maximum atomic E-state index is 10.5. The van der Waals surface area contributed by atoms with E-state index in [2.05, 4.69) is 13.0 Å². The number of hydrogen-bond donors (Lipinski definition) is 4. The van der Waals surface area contributed by atoms with E-state index in [1.165, 1.54) is 11.1 Å². The molecule has 0 bridgehead atoms. The number of aliphatic hydroxyl groups excluding tert-OH is 4. The zero-order valence-corrected chi connectivity index (χ0v) is 16.9. The van der Waals surface area contributed by atoms with Gasteiger partial charge in [0, 0.05) is 0 Å². The van der Waals surface area contributed by atoms with E-state index in [4.69, 9.17) is 9.47 Å². The van der Waals surface area contributed by atoms with Crippen LogP contribution in [0, 0.1) is 17.3 Å². The van der Waals surface area contributed by atoms with Gasteiger partial charge in [-0.2, -0.15) is 0 Å². The standard InChI is InChI=1S/C23H32O6/c1-23-9-8-15-14-5-3-13(29-22-21(27)20(26)18(24)11-28-22)10-12(14)2-4-16(15)17(23)6-7-19(23)25/h3,5,10,15-22,24-27H,2,4,6-9,11H2,1H3. The number of aryl methyl sites for hydroxylation is 1. The van der Waals surface area contributed by atoms with Crippen LogP contribution in [0.15, 0.2) is 18.2 Å². The van der Waals surface area contributed by atoms with E-state index in [1.54, 1.807) is 0 Å². The Morgan fingerprint density at radius 2 is 1.86 bits per heavy atom. The fraction of sp³-hybridized carbons (Fsp3) is 0.739. The molecule has 9 unspecified atom stereocenters. The van der Waals surface area contributed by atoms with E-state index < -0.39 is 24.6 Å². The van der Waals surface area contributed by atoms with E-state index in [1.807, 2.05) is 12.1 Å². The van der Waals surface area contributed by atoms with Gasteiger partial charge in [-0.3, -0.25) is 0 Å². The molecule has 29 heavy (non-hydrogen) atoms. The van der Waals surface area contributed by atoms with Crippen LogP contribution in [0.25, 0.3) is 0 Å². The van der Waals surface area contributed by atoms with Crippen molar-refractivity contribution >= 4 is 0 Å². The average molecular weight is 405 g/mol. The minimum Gasteiger partial charge on any atom is -0.462 e. The lowest BCUT2D eigenvalue weighted by molar-refractivity contribution is -0.242. The van der Waals surface area contributed by atoms with Gasteiger partial charge in [0.05, 0.1) is 12.7 Å². The third kappa shape index (κ3) is 3.12. The molecular weight excluding hydrogens is 372 g/mol. The Hall–Kier alpha value is -1.18. The predicted octanol–water partition coefficient (Wildman–Crippen LogP) is 1.72. The second kappa shape index (κ2) is 7.20. The Balaban J connectivity index is 1.34. The predicted molar refractivity (Wildman–Crippen MR) is 105 cm³/mol. The van der Waals surface area contributed by atoms with Crippen LogP contribution in [0.2, 0.25) is 0 Å². The molecule has 0 aromatic heterocycles. The number of benzene rings is 1. The molecule has 1 saturated heterocycles. The van der Waals surface area contributed by atoms with E-state index in [9.17, 15) is 20.4 Å². The van der Waals surface area contributed by atoms with Gasteiger partial charge in [0.25, 0.3) is 0 Å². The maximum absolute atomic E-state index is 10.5. The van der Waals surface area contributed by atoms with Crippen molar-refractivity contribution in [2.24, 2.45) is 17.3 Å². The number of hydrogen-bond acceptors (Lipinski definition) is 6. The van der Waals surface area contributed by atoms with Gasteiger partial charge in [-0.25, -0.2) is 0 Å². The first-order chi connectivity index (χ1) is 13.9. The van der Waals surface area contributed by atoms with Crippen LogP contribution in [0.4, 0.5) is 0 Å². The average Bonchev–Trinajstić information content (AvgIpc) is 3.03. The monoisotopic (exact) mass is 404 g/mol. The summed E-state index contributed by atoms with van der Waals surface area (Å²) in [6.45, 7) is 2.22. The van der Waals surface area contributed by atoms with Crippen LogP contribution >= 0.6 is 0 Å². The number of rotatable bonds is 2. The minimum atomic E-state index is -1.29. The SMILES string of the molecule is CC12CCC3c4ccc(OC5OCC(O)C(O)C5O)cc4CCC3C1CCC2O. The Morgan fingerprint density at radius 1 is 1.03 bits per heavy atom. The van der Waals surface area contributed by atoms with Crippen LogP contribution < -0.4 is 4.74 Å². The number of fused-ring (bicyclic) bond motifs is 5. The molecule has 6 nitrogen and oxygen atoms in total. The van der Waals surface area contributed by atoms with Gasteiger partial charge < -0.3 is 29.9 Å². The van der Waals surface area contributed by atoms with Crippen molar-refractivity contribution in [2.45, 2.75) is 82.1 Å². The molecule has 3 fully saturated rings. The van der Waals surface area contributed by atoms with Gasteiger partial charge in [0.2, 0.25) is 6.29 Å². The van der Waals surface area contributed by atoms with Crippen molar-refractivity contribution in [2.75, 3.05) is 6.61 Å². The largest absolute Gasteiger partial charge is 0.462 e. The Kier molecular flexibility index (Phi) is 4.91. The first-order valence-corrected chi connectivity index (χ1v) is 11.0. The molecule has 1 heterocycles. The molecule has 6 heteroatoms. The van der Waals surface area contributed by atoms with Gasteiger partial charge in [0.1, 0.15) is 24.1 Å². The normalized spacial score (nSPS) is 46.5. The van der Waals surface area contributed by atoms with Crippen LogP contribution in [0.1, 0.15) is 56.1 Å². The highest BCUT2D eigenvalue weighted by Crippen LogP contribution is 2.60. The zero-order chi connectivity index (χ0) is 20.3. The van der Waals surface area contributed by atoms with E-state index >= 15 is 0 Å². The quantitative estimate of drug-likeness (QED) is 0.599. The molecule has 0 radical (unpaired) electrons. The summed E-state index contributed by atoms with van der Waals surface area (Å²) in [5.74, 6) is 2.42. The molecule has 160 valence electrons. The first-order valence-electron chi connectivity index (χ1n) is 11.0. The zero-order valence-electron chi connectivity index (χ0n) is 16.9. The molecule has 4 aliphatic rings. The lowest BCUT2D eigenvalue weighted by Crippen LogP contribution is -2.54. The van der Waals surface area contributed by atoms with E-state index in [-0.39, 0.29) is 18.1 Å². The summed E-state index contributed by atoms with van der Waals surface area (Å²) in [6, 6.07) is 6.11. The molecule has 5 rings (SSSR count). The van der Waals surface area contributed by atoms with Crippen molar-refractivity contribution in [1.82, 2.24) is 0 Å². The molecule has 1 aliphatic heterocycles. The van der Waals surface area contributed by atoms with Crippen molar-refractivity contribution < 1.29 is 29.9 Å². The molecule has 0 amide bonds. The smallest absolute Gasteiger partial charge is 0.228 e. The summed E-state index contributed by atoms with van der Waals surface area (Å²) in [5.41, 5.74) is 2.77. The van der Waals surface area contributed by atoms with Crippen molar-refractivity contribution in [1.29, 1.82) is 0 Å². The molecule has 0 spiro atoms. The van der Waals surface area contributed by atoms with Crippen molar-refractivity contribution in [3.8, 4) is 5.75 Å². The first kappa shape index (κ1) is 19.8. The summed E-state index contributed by atoms with van der Waals surface area (Å²) in [5, 5.41) is 40.1. The molecule has 4 N–H and O–H groups in total. The van der Waals surface area contributed by atoms with Crippen molar-refractivity contribution in [3.05, 3.63) is 29.3 Å². The lowest BCUT2D eigenvalue weighted by Gasteiger charge is -2.50. The van der Waals surface area contributed by atoms with E-state index in [0.29, 0.717) is 23.5 Å². The Morgan fingerprint density at radius 3 is 2.69 bits per heavy atom. The maximum Gasteiger partial charge on any atom is 0.228 e. The van der Waals surface area contributed by atoms with Crippen molar-refractivity contribution in [3.63, 3.8) is 0 Å². The van der Waals surface area contributed by atoms with Gasteiger partial charge in [-0.1, -0.05) is 13.0 Å². The number of ether oxygens (including phenoxy) is 2. The Labute approximate surface area is 171 Å². The summed E-state index contributed by atoms with van der Waals surface area (Å²) < 4.78 is 11.2. The lowest BCUT2D eigenvalue weighted by atomic mass is 9.55. The highest BCUT2D eigenvalue weighted by molar-refractivity contribution is 5.41. The molecule has 9 atom stereocenters. The minimum absolute atomic E-state index is 0.0659. The second-order valence-electron chi connectivity index (χ2n) is 9.78. The summed E-state index contributed by atoms with van der Waals surface area (Å²) in [4.78, 5) is 0. The van der Waals surface area contributed by atoms with E-state index in [0.717, 1.165) is 38.5 Å². The van der Waals surface area contributed by atoms with Gasteiger partial charge in [0.15, 0.2) is 0 Å². The molecular formula is C23H32O6. The summed E-state index contributed by atoms with van der Waals surface area (Å²) in [6.07, 6.45) is 1.61. The summed E-state index contributed by atoms with van der Waals surface area (Å²) >= 11 is 0. The third-order valence-electron chi connectivity index (χ3n) is 8.35. The Bertz CT molecular complexity index is 768. The van der Waals surface area contributed by atoms with Crippen LogP contribution in [-0.2, 0) is 11.2 Å². The summed E-state index contributed by atoms with van der Waals surface area (Å²) in [7, 11) is 0. The van der Waals surface area contributed by atoms with Crippen LogP contribution in [0.3, 0.4) is 0 Å². The molecule has 1 aromatic rings. The highest BCUT2D eigenvalue weighted by atomic mass is 16.7. The molecule has 1 aromatic carbocycles. The van der Waals surface area contributed by atoms with Crippen LogP contribution in [-0.4, -0.2) is 57.7 Å². The van der Waals surface area contributed by atoms with Gasteiger partial charge in [-0.05, 0) is 85.0 Å². The van der Waals surface area contributed by atoms with Gasteiger partial charge in [-0.15, -0.1) is 0 Å². The number of aliphatic hydroxyl groups is 4. The second-order valence-corrected chi connectivity index (χ2v) is 9.78. The topological polar surface area (TPSA) is 99.4 Å². The van der Waals surface area contributed by atoms with Crippen LogP contribution in [0.5, 0.6) is 5.75 Å². The molecule has 2 saturated carbocycles. The third-order valence-corrected chi connectivity index (χ3v) is 8.35. The fourth-order valence-corrected chi connectivity index (χ4v) is 6.62.